The highest BCUT2D eigenvalue weighted by Gasteiger charge is 2.19. The third-order valence-corrected chi connectivity index (χ3v) is 10.5. The minimum absolute atomic E-state index is 0.900. The number of anilines is 3. The Bertz CT molecular complexity index is 2930. The largest absolute Gasteiger partial charge is 0.456 e. The van der Waals surface area contributed by atoms with Gasteiger partial charge < -0.3 is 9.32 Å². The van der Waals surface area contributed by atoms with Crippen LogP contribution < -0.4 is 4.90 Å². The number of rotatable bonds is 7. The smallest absolute Gasteiger partial charge is 0.136 e. The van der Waals surface area contributed by atoms with Crippen molar-refractivity contribution in [1.29, 1.82) is 0 Å². The van der Waals surface area contributed by atoms with E-state index in [1.165, 1.54) is 33.0 Å². The van der Waals surface area contributed by atoms with E-state index in [1.54, 1.807) is 0 Å². The highest BCUT2D eigenvalue weighted by molar-refractivity contribution is 6.06. The monoisotopic (exact) mass is 689 g/mol. The fourth-order valence-electron chi connectivity index (χ4n) is 7.83. The van der Waals surface area contributed by atoms with E-state index < -0.39 is 0 Å². The Morgan fingerprint density at radius 2 is 0.870 bits per heavy atom. The van der Waals surface area contributed by atoms with Crippen LogP contribution in [0.2, 0.25) is 0 Å². The SMILES string of the molecule is c1ccc(-c2cccc(N(c3ccc(-c4ccc5c(c4)oc4ccccc45)cc3)c3ccccc3-c3cccc(-c4cccc5ccccc45)c3)c2)cc1. The lowest BCUT2D eigenvalue weighted by atomic mass is 9.94. The molecular formula is C52H35NO. The molecule has 0 amide bonds. The van der Waals surface area contributed by atoms with Crippen molar-refractivity contribution in [2.24, 2.45) is 0 Å². The zero-order chi connectivity index (χ0) is 35.8. The fraction of sp³-hybridized carbons (Fsp3) is 0. The van der Waals surface area contributed by atoms with Crippen LogP contribution in [0.15, 0.2) is 217 Å². The Balaban J connectivity index is 1.10. The van der Waals surface area contributed by atoms with E-state index in [2.05, 4.69) is 205 Å². The molecule has 0 N–H and O–H groups in total. The second-order valence-electron chi connectivity index (χ2n) is 13.7. The van der Waals surface area contributed by atoms with Crippen molar-refractivity contribution in [3.05, 3.63) is 212 Å². The van der Waals surface area contributed by atoms with E-state index in [9.17, 15) is 0 Å². The molecule has 2 nitrogen and oxygen atoms in total. The second-order valence-corrected chi connectivity index (χ2v) is 13.7. The summed E-state index contributed by atoms with van der Waals surface area (Å²) in [6.07, 6.45) is 0. The zero-order valence-corrected chi connectivity index (χ0v) is 29.6. The number of nitrogens with zero attached hydrogens (tertiary/aromatic N) is 1. The molecule has 0 aliphatic carbocycles. The Labute approximate surface area is 314 Å². The van der Waals surface area contributed by atoms with Crippen molar-refractivity contribution < 1.29 is 4.42 Å². The van der Waals surface area contributed by atoms with Crippen molar-refractivity contribution in [3.8, 4) is 44.5 Å². The molecule has 0 aliphatic rings. The quantitative estimate of drug-likeness (QED) is 0.166. The summed E-state index contributed by atoms with van der Waals surface area (Å²) in [5.41, 5.74) is 14.4. The summed E-state index contributed by atoms with van der Waals surface area (Å²) < 4.78 is 6.24. The van der Waals surface area contributed by atoms with E-state index in [-0.39, 0.29) is 0 Å². The summed E-state index contributed by atoms with van der Waals surface area (Å²) in [5.74, 6) is 0. The van der Waals surface area contributed by atoms with Gasteiger partial charge in [-0.2, -0.15) is 0 Å². The molecular weight excluding hydrogens is 655 g/mol. The van der Waals surface area contributed by atoms with Crippen LogP contribution in [0.1, 0.15) is 0 Å². The van der Waals surface area contributed by atoms with Gasteiger partial charge in [-0.1, -0.05) is 158 Å². The van der Waals surface area contributed by atoms with Crippen LogP contribution in [0.25, 0.3) is 77.2 Å². The third-order valence-electron chi connectivity index (χ3n) is 10.5. The maximum atomic E-state index is 6.24. The van der Waals surface area contributed by atoms with Crippen molar-refractivity contribution in [3.63, 3.8) is 0 Å². The minimum Gasteiger partial charge on any atom is -0.456 e. The van der Waals surface area contributed by atoms with Crippen LogP contribution in [0, 0.1) is 0 Å². The molecule has 0 aliphatic heterocycles. The Morgan fingerprint density at radius 3 is 1.76 bits per heavy atom. The van der Waals surface area contributed by atoms with Crippen molar-refractivity contribution in [2.75, 3.05) is 4.90 Å². The van der Waals surface area contributed by atoms with Crippen LogP contribution in [-0.4, -0.2) is 0 Å². The molecule has 2 heteroatoms. The molecule has 0 unspecified atom stereocenters. The topological polar surface area (TPSA) is 16.4 Å². The van der Waals surface area contributed by atoms with Gasteiger partial charge in [0, 0.05) is 27.7 Å². The molecule has 0 bridgehead atoms. The first kappa shape index (κ1) is 31.6. The standard InChI is InChI=1S/C52H35NO/c1-2-13-36(14-3-1)39-17-11-20-44(34-39)53(43-30-27-37(28-31-43)40-29-32-49-48-23-7-9-26-51(48)54-52(49)35-40)50-25-8-6-22-47(50)42-19-10-18-41(33-42)46-24-12-16-38-15-4-5-21-45(38)46/h1-35H. The van der Waals surface area contributed by atoms with Gasteiger partial charge in [0.05, 0.1) is 5.69 Å². The van der Waals surface area contributed by atoms with Gasteiger partial charge >= 0.3 is 0 Å². The van der Waals surface area contributed by atoms with Gasteiger partial charge in [-0.05, 0) is 104 Å². The molecule has 0 saturated carbocycles. The number of para-hydroxylation sites is 2. The number of hydrogen-bond donors (Lipinski definition) is 0. The summed E-state index contributed by atoms with van der Waals surface area (Å²) in [4.78, 5) is 2.39. The lowest BCUT2D eigenvalue weighted by molar-refractivity contribution is 0.669. The molecule has 0 saturated heterocycles. The average molecular weight is 690 g/mol. The number of hydrogen-bond acceptors (Lipinski definition) is 2. The van der Waals surface area contributed by atoms with Gasteiger partial charge in [0.25, 0.3) is 0 Å². The van der Waals surface area contributed by atoms with Gasteiger partial charge in [0.1, 0.15) is 11.2 Å². The highest BCUT2D eigenvalue weighted by atomic mass is 16.3. The van der Waals surface area contributed by atoms with E-state index in [1.807, 2.05) is 12.1 Å². The van der Waals surface area contributed by atoms with Crippen LogP contribution >= 0.6 is 0 Å². The van der Waals surface area contributed by atoms with Gasteiger partial charge in [-0.15, -0.1) is 0 Å². The Kier molecular flexibility index (Phi) is 7.85. The first-order chi connectivity index (χ1) is 26.8. The van der Waals surface area contributed by atoms with E-state index >= 15 is 0 Å². The molecule has 0 atom stereocenters. The van der Waals surface area contributed by atoms with Gasteiger partial charge in [0.15, 0.2) is 0 Å². The summed E-state index contributed by atoms with van der Waals surface area (Å²) in [6.45, 7) is 0. The van der Waals surface area contributed by atoms with E-state index in [0.29, 0.717) is 0 Å². The highest BCUT2D eigenvalue weighted by Crippen LogP contribution is 2.43. The molecule has 0 fully saturated rings. The predicted molar refractivity (Wildman–Crippen MR) is 228 cm³/mol. The maximum absolute atomic E-state index is 6.24. The minimum atomic E-state index is 0.900. The zero-order valence-electron chi connectivity index (χ0n) is 29.6. The lowest BCUT2D eigenvalue weighted by Gasteiger charge is -2.28. The maximum Gasteiger partial charge on any atom is 0.136 e. The first-order valence-corrected chi connectivity index (χ1v) is 18.4. The second kappa shape index (κ2) is 13.4. The summed E-state index contributed by atoms with van der Waals surface area (Å²) in [5, 5.41) is 4.77. The van der Waals surface area contributed by atoms with Crippen LogP contribution in [0.4, 0.5) is 17.1 Å². The average Bonchev–Trinajstić information content (AvgIpc) is 3.62. The molecule has 0 radical (unpaired) electrons. The fourth-order valence-corrected chi connectivity index (χ4v) is 7.83. The van der Waals surface area contributed by atoms with Crippen molar-refractivity contribution in [2.45, 2.75) is 0 Å². The molecule has 0 spiro atoms. The summed E-state index contributed by atoms with van der Waals surface area (Å²) in [7, 11) is 0. The summed E-state index contributed by atoms with van der Waals surface area (Å²) in [6, 6.07) is 76.0. The Morgan fingerprint density at radius 1 is 0.296 bits per heavy atom. The summed E-state index contributed by atoms with van der Waals surface area (Å²) >= 11 is 0. The van der Waals surface area contributed by atoms with Gasteiger partial charge in [-0.3, -0.25) is 0 Å². The molecule has 10 rings (SSSR count). The van der Waals surface area contributed by atoms with Gasteiger partial charge in [0.2, 0.25) is 0 Å². The number of benzene rings is 9. The number of furan rings is 1. The van der Waals surface area contributed by atoms with Crippen LogP contribution in [0.5, 0.6) is 0 Å². The molecule has 9 aromatic carbocycles. The van der Waals surface area contributed by atoms with Gasteiger partial charge in [-0.25, -0.2) is 0 Å². The Hall–Kier alpha value is -7.16. The van der Waals surface area contributed by atoms with E-state index in [0.717, 1.165) is 61.3 Å². The first-order valence-electron chi connectivity index (χ1n) is 18.4. The molecule has 1 aromatic heterocycles. The van der Waals surface area contributed by atoms with Crippen molar-refractivity contribution in [1.82, 2.24) is 0 Å². The normalized spacial score (nSPS) is 11.3. The van der Waals surface area contributed by atoms with Crippen LogP contribution in [0.3, 0.4) is 0 Å². The molecule has 254 valence electrons. The molecule has 1 heterocycles. The molecule has 10 aromatic rings. The number of fused-ring (bicyclic) bond motifs is 4. The lowest BCUT2D eigenvalue weighted by Crippen LogP contribution is -2.11. The van der Waals surface area contributed by atoms with E-state index in [4.69, 9.17) is 4.42 Å². The predicted octanol–water partition coefficient (Wildman–Crippen LogP) is 14.9. The third kappa shape index (κ3) is 5.71. The molecule has 54 heavy (non-hydrogen) atoms. The van der Waals surface area contributed by atoms with Crippen LogP contribution in [-0.2, 0) is 0 Å². The van der Waals surface area contributed by atoms with Crippen molar-refractivity contribution >= 4 is 49.8 Å².